The number of ketones is 2. The lowest BCUT2D eigenvalue weighted by Gasteiger charge is -2.68. The molecule has 3 saturated carbocycles. The number of fused-ring (bicyclic) bond motifs is 5. The first kappa shape index (κ1) is 33.9. The second kappa shape index (κ2) is 11.3. The molecule has 1 saturated heterocycles. The highest BCUT2D eigenvalue weighted by Crippen LogP contribution is 2.75. The topological polar surface area (TPSA) is 99.2 Å². The molecule has 0 radical (unpaired) electrons. The average molecular weight is 634 g/mol. The number of carbonyl (C=O) groups excluding carboxylic acids is 2. The van der Waals surface area contributed by atoms with Gasteiger partial charge in [0.1, 0.15) is 17.6 Å². The third kappa shape index (κ3) is 4.98. The van der Waals surface area contributed by atoms with Gasteiger partial charge in [0.05, 0.1) is 11.7 Å². The summed E-state index contributed by atoms with van der Waals surface area (Å²) in [7, 11) is 1.90. The Morgan fingerprint density at radius 3 is 2.35 bits per heavy atom. The summed E-state index contributed by atoms with van der Waals surface area (Å²) in [4.78, 5) is 28.5. The molecule has 1 aromatic carbocycles. The van der Waals surface area contributed by atoms with Crippen LogP contribution >= 0.6 is 0 Å². The van der Waals surface area contributed by atoms with Gasteiger partial charge in [-0.1, -0.05) is 59.6 Å². The van der Waals surface area contributed by atoms with Crippen LogP contribution in [0.15, 0.2) is 29.3 Å². The summed E-state index contributed by atoms with van der Waals surface area (Å²) in [5.74, 6) is 1.24. The van der Waals surface area contributed by atoms with Crippen LogP contribution in [0.3, 0.4) is 0 Å². The summed E-state index contributed by atoms with van der Waals surface area (Å²) in [5, 5.41) is 25.0. The molecule has 4 aliphatic carbocycles. The maximum Gasteiger partial charge on any atom is 0.160 e. The van der Waals surface area contributed by atoms with Crippen LogP contribution in [0.5, 0.6) is 5.75 Å². The molecule has 4 fully saturated rings. The summed E-state index contributed by atoms with van der Waals surface area (Å²) in [6.07, 6.45) is 7.01. The van der Waals surface area contributed by atoms with Gasteiger partial charge in [-0.25, -0.2) is 0 Å². The van der Waals surface area contributed by atoms with Crippen molar-refractivity contribution in [3.8, 4) is 5.75 Å². The number of phenolic OH excluding ortho intramolecular Hbond substituents is 1. The molecule has 6 heteroatoms. The number of aromatic hydroxyl groups is 1. The monoisotopic (exact) mass is 633 g/mol. The smallest absolute Gasteiger partial charge is 0.160 e. The van der Waals surface area contributed by atoms with Crippen molar-refractivity contribution in [2.45, 2.75) is 143 Å². The number of benzene rings is 1. The van der Waals surface area contributed by atoms with E-state index >= 15 is 0 Å². The molecule has 1 heterocycles. The lowest BCUT2D eigenvalue weighted by Crippen LogP contribution is -2.63. The predicted molar refractivity (Wildman–Crippen MR) is 181 cm³/mol. The van der Waals surface area contributed by atoms with Crippen molar-refractivity contribution in [1.82, 2.24) is 5.32 Å². The summed E-state index contributed by atoms with van der Waals surface area (Å²) in [6, 6.07) is 5.71. The molecule has 0 aromatic heterocycles. The second-order valence-corrected chi connectivity index (χ2v) is 17.7. The van der Waals surface area contributed by atoms with Crippen molar-refractivity contribution >= 4 is 11.6 Å². The van der Waals surface area contributed by atoms with Crippen molar-refractivity contribution in [2.75, 3.05) is 7.05 Å². The average Bonchev–Trinajstić information content (AvgIpc) is 3.51. The van der Waals surface area contributed by atoms with E-state index in [1.54, 1.807) is 6.07 Å². The molecule has 9 unspecified atom stereocenters. The molecule has 6 rings (SSSR count). The third-order valence-corrected chi connectivity index (χ3v) is 14.3. The molecule has 0 spiro atoms. The first-order valence-corrected chi connectivity index (χ1v) is 18.1. The van der Waals surface area contributed by atoms with Gasteiger partial charge < -0.3 is 20.3 Å². The van der Waals surface area contributed by atoms with Gasteiger partial charge in [-0.2, -0.15) is 0 Å². The van der Waals surface area contributed by atoms with E-state index in [4.69, 9.17) is 4.74 Å². The van der Waals surface area contributed by atoms with Gasteiger partial charge in [-0.15, -0.1) is 0 Å². The van der Waals surface area contributed by atoms with Crippen molar-refractivity contribution in [3.05, 3.63) is 40.5 Å². The maximum absolute atomic E-state index is 14.3. The van der Waals surface area contributed by atoms with E-state index in [1.807, 2.05) is 27.0 Å². The zero-order valence-corrected chi connectivity index (χ0v) is 29.9. The van der Waals surface area contributed by atoms with Gasteiger partial charge in [-0.05, 0) is 123 Å². The highest BCUT2D eigenvalue weighted by atomic mass is 16.6. The Kier molecular flexibility index (Phi) is 8.30. The van der Waals surface area contributed by atoms with Gasteiger partial charge in [0, 0.05) is 29.7 Å². The summed E-state index contributed by atoms with van der Waals surface area (Å²) < 4.78 is 5.81. The van der Waals surface area contributed by atoms with Gasteiger partial charge >= 0.3 is 0 Å². The lowest BCUT2D eigenvalue weighted by molar-refractivity contribution is -0.183. The van der Waals surface area contributed by atoms with Crippen LogP contribution in [-0.4, -0.2) is 46.6 Å². The quantitative estimate of drug-likeness (QED) is 0.242. The lowest BCUT2D eigenvalue weighted by atomic mass is 9.35. The zero-order chi connectivity index (χ0) is 33.6. The summed E-state index contributed by atoms with van der Waals surface area (Å²) in [6.45, 7) is 18.5. The number of phenols is 1. The molecule has 6 nitrogen and oxygen atoms in total. The number of Topliss-reactive ketones (excluding diaryl/α,β-unsaturated/α-hetero) is 2. The van der Waals surface area contributed by atoms with Crippen LogP contribution in [-0.2, 0) is 20.9 Å². The minimum atomic E-state index is -0.564. The van der Waals surface area contributed by atoms with Crippen LogP contribution in [0.25, 0.3) is 0 Å². The fourth-order valence-corrected chi connectivity index (χ4v) is 12.0. The minimum absolute atomic E-state index is 0.0598. The van der Waals surface area contributed by atoms with E-state index in [1.165, 1.54) is 5.57 Å². The van der Waals surface area contributed by atoms with Gasteiger partial charge in [-0.3, -0.25) is 9.59 Å². The summed E-state index contributed by atoms with van der Waals surface area (Å²) in [5.41, 5.74) is 3.16. The van der Waals surface area contributed by atoms with E-state index in [9.17, 15) is 19.8 Å². The van der Waals surface area contributed by atoms with E-state index in [0.29, 0.717) is 36.9 Å². The number of hydrogen-bond acceptors (Lipinski definition) is 6. The van der Waals surface area contributed by atoms with Crippen molar-refractivity contribution in [3.63, 3.8) is 0 Å². The molecule has 9 atom stereocenters. The van der Waals surface area contributed by atoms with Gasteiger partial charge in [0.25, 0.3) is 0 Å². The van der Waals surface area contributed by atoms with Gasteiger partial charge in [0.15, 0.2) is 5.78 Å². The molecular formula is C40H59NO5. The van der Waals surface area contributed by atoms with E-state index in [0.717, 1.165) is 61.6 Å². The Morgan fingerprint density at radius 1 is 1.02 bits per heavy atom. The standard InChI is InChI=1S/C40H59NO5/c1-10-11-24(19-29(43)35-37(4,5)46-35)33-28-12-13-32-38(6)20-27(25-16-23(22-41-9)17-26(42)18-25)34(45)36(2,3)31(38)14-15-39(32,7)40(28,8)21-30(33)44/h16-18,24,27,29,31-32,35,41-43H,10-15,19-22H2,1-9H3. The maximum atomic E-state index is 14.3. The van der Waals surface area contributed by atoms with Crippen LogP contribution in [0.2, 0.25) is 0 Å². The Bertz CT molecular complexity index is 1440. The number of carbonyl (C=O) groups is 2. The second-order valence-electron chi connectivity index (χ2n) is 17.7. The molecule has 1 aromatic rings. The minimum Gasteiger partial charge on any atom is -0.508 e. The van der Waals surface area contributed by atoms with Crippen LogP contribution < -0.4 is 5.32 Å². The third-order valence-electron chi connectivity index (χ3n) is 14.3. The fourth-order valence-electron chi connectivity index (χ4n) is 12.0. The van der Waals surface area contributed by atoms with E-state index in [2.05, 4.69) is 52.9 Å². The highest BCUT2D eigenvalue weighted by Gasteiger charge is 2.69. The predicted octanol–water partition coefficient (Wildman–Crippen LogP) is 7.65. The van der Waals surface area contributed by atoms with Gasteiger partial charge in [0.2, 0.25) is 0 Å². The Morgan fingerprint density at radius 2 is 1.72 bits per heavy atom. The number of ether oxygens (including phenoxy) is 1. The Hall–Kier alpha value is -2.02. The molecular weight excluding hydrogens is 574 g/mol. The molecule has 0 bridgehead atoms. The zero-order valence-electron chi connectivity index (χ0n) is 29.9. The van der Waals surface area contributed by atoms with E-state index in [-0.39, 0.29) is 51.5 Å². The molecule has 46 heavy (non-hydrogen) atoms. The number of aliphatic hydroxyl groups excluding tert-OH is 1. The van der Waals surface area contributed by atoms with Crippen molar-refractivity contribution in [2.24, 2.45) is 39.4 Å². The summed E-state index contributed by atoms with van der Waals surface area (Å²) >= 11 is 0. The largest absolute Gasteiger partial charge is 0.508 e. The molecule has 0 amide bonds. The highest BCUT2D eigenvalue weighted by molar-refractivity contribution is 6.00. The SMILES string of the molecule is CCCC(CC(O)C1OC1(C)C)C1=C2CCC3C4(C)CC(c5cc(O)cc(CNC)c5)C(=O)C(C)(C)C4CCC3(C)C2(C)CC1=O. The number of epoxide rings is 1. The van der Waals surface area contributed by atoms with Crippen LogP contribution in [0.4, 0.5) is 0 Å². The number of allylic oxidation sites excluding steroid dienone is 2. The molecule has 3 N–H and O–H groups in total. The van der Waals surface area contributed by atoms with Crippen molar-refractivity contribution in [1.29, 1.82) is 0 Å². The Balaban J connectivity index is 1.37. The number of aliphatic hydroxyl groups is 1. The number of hydrogen-bond donors (Lipinski definition) is 3. The van der Waals surface area contributed by atoms with Crippen LogP contribution in [0.1, 0.15) is 130 Å². The normalized spacial score (nSPS) is 39.0. The Labute approximate surface area is 277 Å². The number of nitrogens with one attached hydrogen (secondary N) is 1. The molecule has 1 aliphatic heterocycles. The molecule has 254 valence electrons. The van der Waals surface area contributed by atoms with E-state index < -0.39 is 11.5 Å². The molecule has 5 aliphatic rings. The first-order chi connectivity index (χ1) is 21.4. The fraction of sp³-hybridized carbons (Fsp3) is 0.750. The number of rotatable bonds is 9. The van der Waals surface area contributed by atoms with Crippen molar-refractivity contribution < 1.29 is 24.5 Å². The first-order valence-electron chi connectivity index (χ1n) is 18.1. The van der Waals surface area contributed by atoms with Crippen LogP contribution in [0, 0.1) is 39.4 Å².